The molecule has 0 amide bonds. The van der Waals surface area contributed by atoms with Crippen LogP contribution in [0.5, 0.6) is 0 Å². The van der Waals surface area contributed by atoms with E-state index in [-0.39, 0.29) is 23.2 Å². The first-order valence-corrected chi connectivity index (χ1v) is 9.88. The highest BCUT2D eigenvalue weighted by molar-refractivity contribution is 5.84. The summed E-state index contributed by atoms with van der Waals surface area (Å²) in [5.74, 6) is 6.47. The van der Waals surface area contributed by atoms with Crippen LogP contribution in [0.4, 0.5) is 0 Å². The largest absolute Gasteiger partial charge is 0.412 e. The Labute approximate surface area is 164 Å². The lowest BCUT2D eigenvalue weighted by Gasteiger charge is -2.23. The summed E-state index contributed by atoms with van der Waals surface area (Å²) in [6.07, 6.45) is 6.05. The fourth-order valence-electron chi connectivity index (χ4n) is 3.39. The Morgan fingerprint density at radius 3 is 2.59 bits per heavy atom. The first-order chi connectivity index (χ1) is 12.4. The number of hydrogen-bond acceptors (Lipinski definition) is 3. The van der Waals surface area contributed by atoms with Crippen LogP contribution in [0.3, 0.4) is 0 Å². The molecular weight excluding hydrogens is 338 g/mol. The molecule has 0 spiro atoms. The smallest absolute Gasteiger partial charge is 0.166 e. The standard InChI is InChI=1S/C23H33NO2.H2O/c1-23(2,3)24-16-9-5-8-15-21(25)22(26)20-14-10-13-19(17-20)18-11-6-4-7-12-18;/h10,13-14,17-18,22,24,26H,4,6-8,11-12,15-16H2,1-3H3;1H2. The van der Waals surface area contributed by atoms with Gasteiger partial charge in [0.2, 0.25) is 0 Å². The topological polar surface area (TPSA) is 80.8 Å². The Hall–Kier alpha value is -1.67. The van der Waals surface area contributed by atoms with Crippen molar-refractivity contribution in [2.75, 3.05) is 6.54 Å². The molecule has 1 aromatic rings. The number of carbonyl (C=O) groups is 1. The van der Waals surface area contributed by atoms with Gasteiger partial charge in [-0.1, -0.05) is 49.4 Å². The lowest BCUT2D eigenvalue weighted by molar-refractivity contribution is -0.127. The molecule has 0 radical (unpaired) electrons. The normalized spacial score (nSPS) is 16.0. The van der Waals surface area contributed by atoms with Gasteiger partial charge in [-0.2, -0.15) is 0 Å². The third kappa shape index (κ3) is 8.26. The van der Waals surface area contributed by atoms with Crippen LogP contribution in [-0.4, -0.2) is 28.4 Å². The predicted octanol–water partition coefficient (Wildman–Crippen LogP) is 3.68. The molecule has 0 bridgehead atoms. The Kier molecular flexibility index (Phi) is 9.73. The van der Waals surface area contributed by atoms with Crippen LogP contribution in [-0.2, 0) is 4.79 Å². The lowest BCUT2D eigenvalue weighted by Crippen LogP contribution is -2.35. The second-order valence-corrected chi connectivity index (χ2v) is 8.33. The molecule has 4 N–H and O–H groups in total. The van der Waals surface area contributed by atoms with E-state index in [4.69, 9.17) is 0 Å². The number of aliphatic hydroxyl groups is 1. The molecule has 1 atom stereocenters. The summed E-state index contributed by atoms with van der Waals surface area (Å²) < 4.78 is 0. The summed E-state index contributed by atoms with van der Waals surface area (Å²) in [5.41, 5.74) is 2.03. The van der Waals surface area contributed by atoms with Crippen LogP contribution < -0.4 is 5.32 Å². The van der Waals surface area contributed by atoms with Crippen molar-refractivity contribution in [3.8, 4) is 11.8 Å². The number of nitrogens with one attached hydrogen (secondary N) is 1. The van der Waals surface area contributed by atoms with Gasteiger partial charge >= 0.3 is 0 Å². The summed E-state index contributed by atoms with van der Waals surface area (Å²) in [5, 5.41) is 13.7. The minimum absolute atomic E-state index is 0. The average molecular weight is 374 g/mol. The molecule has 1 aromatic carbocycles. The zero-order valence-electron chi connectivity index (χ0n) is 17.0. The zero-order chi connectivity index (χ0) is 19.0. The van der Waals surface area contributed by atoms with Crippen LogP contribution in [0.25, 0.3) is 0 Å². The monoisotopic (exact) mass is 373 g/mol. The van der Waals surface area contributed by atoms with E-state index in [1.54, 1.807) is 0 Å². The summed E-state index contributed by atoms with van der Waals surface area (Å²) in [6.45, 7) is 6.89. The number of aliphatic hydroxyl groups excluding tert-OH is 1. The van der Waals surface area contributed by atoms with Crippen LogP contribution in [0.15, 0.2) is 24.3 Å². The fourth-order valence-corrected chi connectivity index (χ4v) is 3.39. The number of hydrogen-bond donors (Lipinski definition) is 2. The van der Waals surface area contributed by atoms with Crippen molar-refractivity contribution in [3.05, 3.63) is 35.4 Å². The molecule has 1 unspecified atom stereocenters. The van der Waals surface area contributed by atoms with Gasteiger partial charge < -0.3 is 15.9 Å². The Bertz CT molecular complexity index is 646. The minimum atomic E-state index is -1.03. The van der Waals surface area contributed by atoms with Gasteiger partial charge in [0.15, 0.2) is 5.78 Å². The van der Waals surface area contributed by atoms with Gasteiger partial charge in [0.1, 0.15) is 6.10 Å². The van der Waals surface area contributed by atoms with Gasteiger partial charge in [0.05, 0.1) is 6.54 Å². The van der Waals surface area contributed by atoms with Crippen molar-refractivity contribution >= 4 is 5.78 Å². The quantitative estimate of drug-likeness (QED) is 0.746. The van der Waals surface area contributed by atoms with Crippen LogP contribution in [0.1, 0.15) is 88.9 Å². The molecule has 0 aliphatic heterocycles. The van der Waals surface area contributed by atoms with Crippen LogP contribution in [0, 0.1) is 11.8 Å². The van der Waals surface area contributed by atoms with Gasteiger partial charge in [-0.05, 0) is 50.7 Å². The SMILES string of the molecule is CC(C)(C)NCC#CCCC(=O)C(O)c1cccc(C2CCCCC2)c1.O. The molecule has 4 nitrogen and oxygen atoms in total. The summed E-state index contributed by atoms with van der Waals surface area (Å²) >= 11 is 0. The van der Waals surface area contributed by atoms with Crippen molar-refractivity contribution in [2.45, 2.75) is 83.3 Å². The number of ketones is 1. The third-order valence-corrected chi connectivity index (χ3v) is 4.94. The summed E-state index contributed by atoms with van der Waals surface area (Å²) in [7, 11) is 0. The van der Waals surface area contributed by atoms with E-state index in [1.165, 1.54) is 37.7 Å². The Morgan fingerprint density at radius 2 is 1.93 bits per heavy atom. The molecule has 4 heteroatoms. The van der Waals surface area contributed by atoms with Gasteiger partial charge in [-0.15, -0.1) is 5.92 Å². The number of Topliss-reactive ketones (excluding diaryl/α,β-unsaturated/α-hetero) is 1. The molecule has 0 saturated heterocycles. The van der Waals surface area contributed by atoms with E-state index in [0.29, 0.717) is 18.9 Å². The van der Waals surface area contributed by atoms with Crippen molar-refractivity contribution < 1.29 is 15.4 Å². The van der Waals surface area contributed by atoms with Gasteiger partial charge in [-0.25, -0.2) is 0 Å². The molecule has 0 heterocycles. The van der Waals surface area contributed by atoms with E-state index in [9.17, 15) is 9.90 Å². The molecule has 1 aliphatic rings. The van der Waals surface area contributed by atoms with Crippen molar-refractivity contribution in [1.82, 2.24) is 5.32 Å². The molecular formula is C23H35NO3. The van der Waals surface area contributed by atoms with E-state index < -0.39 is 6.10 Å². The van der Waals surface area contributed by atoms with E-state index in [2.05, 4.69) is 44.0 Å². The predicted molar refractivity (Wildman–Crippen MR) is 111 cm³/mol. The second kappa shape index (κ2) is 11.2. The van der Waals surface area contributed by atoms with Crippen LogP contribution in [0.2, 0.25) is 0 Å². The maximum atomic E-state index is 12.3. The first-order valence-electron chi connectivity index (χ1n) is 9.88. The number of benzene rings is 1. The van der Waals surface area contributed by atoms with Crippen LogP contribution >= 0.6 is 0 Å². The first kappa shape index (κ1) is 23.4. The summed E-state index contributed by atoms with van der Waals surface area (Å²) in [6, 6.07) is 7.98. The fraction of sp³-hybridized carbons (Fsp3) is 0.609. The number of carbonyl (C=O) groups excluding carboxylic acids is 1. The highest BCUT2D eigenvalue weighted by Gasteiger charge is 2.20. The molecule has 2 rings (SSSR count). The Morgan fingerprint density at radius 1 is 1.22 bits per heavy atom. The zero-order valence-corrected chi connectivity index (χ0v) is 17.0. The molecule has 1 aliphatic carbocycles. The average Bonchev–Trinajstić information content (AvgIpc) is 2.63. The second-order valence-electron chi connectivity index (χ2n) is 8.33. The van der Waals surface area contributed by atoms with E-state index in [1.807, 2.05) is 18.2 Å². The molecule has 1 saturated carbocycles. The minimum Gasteiger partial charge on any atom is -0.412 e. The third-order valence-electron chi connectivity index (χ3n) is 4.94. The number of rotatable bonds is 6. The highest BCUT2D eigenvalue weighted by atomic mass is 16.3. The van der Waals surface area contributed by atoms with E-state index in [0.717, 1.165) is 5.56 Å². The highest BCUT2D eigenvalue weighted by Crippen LogP contribution is 2.33. The van der Waals surface area contributed by atoms with Gasteiger partial charge in [0.25, 0.3) is 0 Å². The van der Waals surface area contributed by atoms with Crippen molar-refractivity contribution in [1.29, 1.82) is 0 Å². The lowest BCUT2D eigenvalue weighted by atomic mass is 9.83. The maximum absolute atomic E-state index is 12.3. The van der Waals surface area contributed by atoms with Gasteiger partial charge in [0, 0.05) is 18.4 Å². The van der Waals surface area contributed by atoms with Crippen molar-refractivity contribution in [3.63, 3.8) is 0 Å². The van der Waals surface area contributed by atoms with Gasteiger partial charge in [-0.3, -0.25) is 4.79 Å². The molecule has 1 fully saturated rings. The molecule has 150 valence electrons. The summed E-state index contributed by atoms with van der Waals surface area (Å²) in [4.78, 5) is 12.3. The van der Waals surface area contributed by atoms with Crippen molar-refractivity contribution in [2.24, 2.45) is 0 Å². The Balaban J connectivity index is 0.00000364. The molecule has 0 aromatic heterocycles. The van der Waals surface area contributed by atoms with E-state index >= 15 is 0 Å². The maximum Gasteiger partial charge on any atom is 0.166 e. The molecule has 27 heavy (non-hydrogen) atoms.